The van der Waals surface area contributed by atoms with Crippen molar-refractivity contribution in [1.29, 1.82) is 0 Å². The normalized spacial score (nSPS) is 17.2. The lowest BCUT2D eigenvalue weighted by atomic mass is 9.87. The molecule has 0 amide bonds. The zero-order valence-electron chi connectivity index (χ0n) is 31.8. The number of halogens is 1. The number of rotatable bonds is 12. The van der Waals surface area contributed by atoms with Crippen LogP contribution in [0.15, 0.2) is 66.4 Å². The summed E-state index contributed by atoms with van der Waals surface area (Å²) in [7, 11) is 0.318. The second kappa shape index (κ2) is 16.7. The highest BCUT2D eigenvalue weighted by Crippen LogP contribution is 2.41. The Labute approximate surface area is 320 Å². The number of hydrogen-bond donors (Lipinski definition) is 0. The highest BCUT2D eigenvalue weighted by Gasteiger charge is 2.28. The first-order chi connectivity index (χ1) is 25.7. The summed E-state index contributed by atoms with van der Waals surface area (Å²) in [5, 5.41) is 1.81. The molecule has 0 radical (unpaired) electrons. The number of allylic oxidation sites excluding steroid dienone is 1. The van der Waals surface area contributed by atoms with Gasteiger partial charge in [-0.15, -0.1) is 0 Å². The number of fused-ring (bicyclic) bond motifs is 2. The zero-order chi connectivity index (χ0) is 37.0. The molecule has 9 nitrogen and oxygen atoms in total. The van der Waals surface area contributed by atoms with E-state index in [1.54, 1.807) is 5.57 Å². The summed E-state index contributed by atoms with van der Waals surface area (Å²) in [5.74, 6) is 0.231. The topological polar surface area (TPSA) is 72.3 Å². The van der Waals surface area contributed by atoms with Crippen molar-refractivity contribution >= 4 is 59.3 Å². The van der Waals surface area contributed by atoms with E-state index in [1.165, 1.54) is 31.1 Å². The van der Waals surface area contributed by atoms with Crippen LogP contribution in [0.1, 0.15) is 48.0 Å². The van der Waals surface area contributed by atoms with Gasteiger partial charge >= 0.3 is 5.97 Å². The maximum Gasteiger partial charge on any atom is 0.339 e. The second-order valence-electron chi connectivity index (χ2n) is 15.8. The molecular weight excluding hydrogens is 702 g/mol. The molecule has 53 heavy (non-hydrogen) atoms. The van der Waals surface area contributed by atoms with E-state index in [-0.39, 0.29) is 5.97 Å². The van der Waals surface area contributed by atoms with Crippen LogP contribution in [0.4, 0.5) is 17.1 Å². The number of benzene rings is 2. The van der Waals surface area contributed by atoms with Crippen LogP contribution in [0.5, 0.6) is 5.88 Å². The molecule has 11 heteroatoms. The molecule has 0 spiro atoms. The molecule has 2 aliphatic heterocycles. The Morgan fingerprint density at radius 3 is 2.47 bits per heavy atom. The Balaban J connectivity index is 1.09. The molecule has 1 fully saturated rings. The maximum absolute atomic E-state index is 13.2. The summed E-state index contributed by atoms with van der Waals surface area (Å²) in [4.78, 5) is 25.5. The van der Waals surface area contributed by atoms with Crippen LogP contribution in [0.2, 0.25) is 30.7 Å². The van der Waals surface area contributed by atoms with E-state index in [2.05, 4.69) is 81.5 Å². The van der Waals surface area contributed by atoms with Gasteiger partial charge in [0, 0.05) is 82.8 Å². The van der Waals surface area contributed by atoms with Crippen molar-refractivity contribution in [3.8, 4) is 5.88 Å². The van der Waals surface area contributed by atoms with Crippen LogP contribution in [-0.2, 0) is 16.0 Å². The van der Waals surface area contributed by atoms with Crippen molar-refractivity contribution in [3.63, 3.8) is 0 Å². The molecule has 0 atom stereocenters. The number of methoxy groups -OCH3 is 1. The van der Waals surface area contributed by atoms with Gasteiger partial charge < -0.3 is 28.6 Å². The molecule has 0 unspecified atom stereocenters. The van der Waals surface area contributed by atoms with Crippen LogP contribution in [-0.4, -0.2) is 94.7 Å². The number of hydrogen-bond acceptors (Lipinski definition) is 8. The summed E-state index contributed by atoms with van der Waals surface area (Å²) < 4.78 is 19.7. The minimum absolute atomic E-state index is 0.352. The fourth-order valence-corrected chi connectivity index (χ4v) is 8.65. The number of esters is 1. The van der Waals surface area contributed by atoms with Gasteiger partial charge in [-0.05, 0) is 91.7 Å². The number of anilines is 3. The van der Waals surface area contributed by atoms with Gasteiger partial charge in [0.05, 0.1) is 31.6 Å². The van der Waals surface area contributed by atoms with Gasteiger partial charge in [-0.25, -0.2) is 4.79 Å². The quantitative estimate of drug-likeness (QED) is 0.0807. The third kappa shape index (κ3) is 8.94. The molecule has 4 heterocycles. The Hall–Kier alpha value is -3.83. The van der Waals surface area contributed by atoms with Crippen molar-refractivity contribution in [2.45, 2.75) is 64.3 Å². The minimum Gasteiger partial charge on any atom is -0.476 e. The average Bonchev–Trinajstić information content (AvgIpc) is 3.43. The molecular formula is C42H54ClN5O4Si. The fraction of sp³-hybridized carbons (Fsp3) is 0.476. The Morgan fingerprint density at radius 2 is 1.70 bits per heavy atom. The molecule has 0 bridgehead atoms. The predicted octanol–water partition coefficient (Wildman–Crippen LogP) is 8.90. The van der Waals surface area contributed by atoms with Crippen LogP contribution in [0.3, 0.4) is 0 Å². The average molecular weight is 756 g/mol. The van der Waals surface area contributed by atoms with Crippen molar-refractivity contribution in [2.24, 2.45) is 0 Å². The number of carbonyl (C=O) groups excluding carboxylic acids is 1. The Morgan fingerprint density at radius 1 is 0.906 bits per heavy atom. The largest absolute Gasteiger partial charge is 0.476 e. The predicted molar refractivity (Wildman–Crippen MR) is 219 cm³/mol. The first-order valence-corrected chi connectivity index (χ1v) is 23.4. The lowest BCUT2D eigenvalue weighted by Crippen LogP contribution is -2.47. The monoisotopic (exact) mass is 755 g/mol. The number of aromatic nitrogens is 2. The van der Waals surface area contributed by atoms with E-state index in [0.29, 0.717) is 31.2 Å². The molecule has 7 rings (SSSR count). The van der Waals surface area contributed by atoms with E-state index in [0.717, 1.165) is 104 Å². The molecule has 4 aromatic rings. The highest BCUT2D eigenvalue weighted by atomic mass is 35.5. The van der Waals surface area contributed by atoms with Crippen LogP contribution in [0, 0.1) is 0 Å². The fourth-order valence-electron chi connectivity index (χ4n) is 7.77. The van der Waals surface area contributed by atoms with Gasteiger partial charge in [0.25, 0.3) is 0 Å². The lowest BCUT2D eigenvalue weighted by Gasteiger charge is -2.38. The van der Waals surface area contributed by atoms with Crippen LogP contribution in [0.25, 0.3) is 16.6 Å². The molecule has 0 saturated carbocycles. The van der Waals surface area contributed by atoms with Crippen LogP contribution >= 0.6 is 11.6 Å². The zero-order valence-corrected chi connectivity index (χ0v) is 33.6. The summed E-state index contributed by atoms with van der Waals surface area (Å²) in [6, 6.07) is 19.9. The third-order valence-corrected chi connectivity index (χ3v) is 12.8. The Kier molecular flexibility index (Phi) is 11.8. The van der Waals surface area contributed by atoms with Crippen molar-refractivity contribution in [1.82, 2.24) is 14.5 Å². The van der Waals surface area contributed by atoms with E-state index < -0.39 is 8.07 Å². The van der Waals surface area contributed by atoms with Gasteiger partial charge in [-0.2, -0.15) is 4.98 Å². The first-order valence-electron chi connectivity index (χ1n) is 19.3. The van der Waals surface area contributed by atoms with E-state index >= 15 is 0 Å². The number of piperazine rings is 1. The second-order valence-corrected chi connectivity index (χ2v) is 21.8. The summed E-state index contributed by atoms with van der Waals surface area (Å²) in [6.07, 6.45) is 7.67. The van der Waals surface area contributed by atoms with Gasteiger partial charge in [-0.1, -0.05) is 48.9 Å². The molecule has 1 aliphatic carbocycles. The van der Waals surface area contributed by atoms with E-state index in [4.69, 9.17) is 30.8 Å². The molecule has 2 aromatic heterocycles. The molecule has 2 aromatic carbocycles. The molecule has 282 valence electrons. The van der Waals surface area contributed by atoms with Gasteiger partial charge in [-0.3, -0.25) is 4.90 Å². The lowest BCUT2D eigenvalue weighted by molar-refractivity contribution is 0.0601. The highest BCUT2D eigenvalue weighted by molar-refractivity contribution is 6.76. The summed E-state index contributed by atoms with van der Waals surface area (Å²) >= 11 is 6.21. The number of pyridine rings is 1. The first kappa shape index (κ1) is 37.5. The van der Waals surface area contributed by atoms with Crippen molar-refractivity contribution < 1.29 is 19.0 Å². The minimum atomic E-state index is -1.13. The number of carbonyl (C=O) groups is 1. The summed E-state index contributed by atoms with van der Waals surface area (Å²) in [6.45, 7) is 15.3. The molecule has 1 saturated heterocycles. The third-order valence-electron chi connectivity index (χ3n) is 10.8. The molecule has 0 N–H and O–H groups in total. The van der Waals surface area contributed by atoms with Crippen molar-refractivity contribution in [3.05, 3.63) is 82.5 Å². The number of nitrogens with zero attached hydrogens (tertiary/aromatic N) is 5. The smallest absolute Gasteiger partial charge is 0.339 e. The van der Waals surface area contributed by atoms with Gasteiger partial charge in [0.2, 0.25) is 5.88 Å². The van der Waals surface area contributed by atoms with Crippen molar-refractivity contribution in [2.75, 3.05) is 76.0 Å². The van der Waals surface area contributed by atoms with Crippen LogP contribution < -0.4 is 14.5 Å². The maximum atomic E-state index is 13.2. The Bertz CT molecular complexity index is 1930. The molecule has 3 aliphatic rings. The van der Waals surface area contributed by atoms with E-state index in [1.807, 2.05) is 18.2 Å². The summed E-state index contributed by atoms with van der Waals surface area (Å²) in [5.41, 5.74) is 8.59. The van der Waals surface area contributed by atoms with Gasteiger partial charge in [0.1, 0.15) is 11.3 Å². The standard InChI is InChI=1S/C42H54ClN5O4Si/c1-50-42(49)37-15-14-35(46-21-19-45(20-22-46)30-33-8-5-6-9-36(33)31-10-12-34(43)13-11-31)29-38(37)48-17-7-24-52-41-39(48)28-32-16-18-47(40(32)44-41)23-25-51-26-27-53(2,3)4/h10-16,18,28-29H,5-9,17,19-27,30H2,1-4H3. The van der Waals surface area contributed by atoms with Gasteiger partial charge in [0.15, 0.2) is 0 Å². The SMILES string of the molecule is COC(=O)c1ccc(N2CCN(CC3=C(c4ccc(Cl)cc4)CCCC3)CC2)cc1N1CCCOc2nc3c(ccn3CCOCC[Si](C)(C)C)cc21. The van der Waals surface area contributed by atoms with E-state index in [9.17, 15) is 4.79 Å². The number of ether oxygens (including phenoxy) is 3.